The zero-order valence-electron chi connectivity index (χ0n) is 20.1. The molecule has 0 fully saturated rings. The monoisotopic (exact) mass is 545 g/mol. The van der Waals surface area contributed by atoms with E-state index in [1.54, 1.807) is 6.07 Å². The number of aryl methyl sites for hydroxylation is 2. The zero-order chi connectivity index (χ0) is 25.0. The zero-order valence-corrected chi connectivity index (χ0v) is 22.5. The molecule has 182 valence electrons. The van der Waals surface area contributed by atoms with Crippen LogP contribution in [0.3, 0.4) is 0 Å². The van der Waals surface area contributed by atoms with E-state index < -0.39 is 5.97 Å². The third kappa shape index (κ3) is 5.84. The molecule has 34 heavy (non-hydrogen) atoms. The number of amides is 1. The van der Waals surface area contributed by atoms with Gasteiger partial charge in [-0.25, -0.2) is 9.78 Å². The number of benzene rings is 2. The number of thiol groups is 1. The third-order valence-electron chi connectivity index (χ3n) is 6.07. The van der Waals surface area contributed by atoms with Gasteiger partial charge in [-0.3, -0.25) is 4.79 Å². The molecule has 0 aliphatic heterocycles. The molecule has 8 heteroatoms. The highest BCUT2D eigenvalue weighted by molar-refractivity contribution is 9.10. The summed E-state index contributed by atoms with van der Waals surface area (Å²) in [5.74, 6) is 0.679. The van der Waals surface area contributed by atoms with Crippen LogP contribution < -0.4 is 5.32 Å². The number of aromatic carboxylic acids is 1. The van der Waals surface area contributed by atoms with E-state index in [0.717, 1.165) is 46.4 Å². The second kappa shape index (κ2) is 11.4. The van der Waals surface area contributed by atoms with Gasteiger partial charge < -0.3 is 15.0 Å². The summed E-state index contributed by atoms with van der Waals surface area (Å²) in [6.45, 7) is 9.26. The quantitative estimate of drug-likeness (QED) is 0.288. The lowest BCUT2D eigenvalue weighted by Crippen LogP contribution is -2.34. The van der Waals surface area contributed by atoms with Crippen molar-refractivity contribution in [3.05, 3.63) is 62.9 Å². The van der Waals surface area contributed by atoms with Crippen LogP contribution in [-0.4, -0.2) is 32.3 Å². The van der Waals surface area contributed by atoms with Crippen LogP contribution in [0.25, 0.3) is 11.0 Å². The van der Waals surface area contributed by atoms with Crippen molar-refractivity contribution >= 4 is 51.5 Å². The summed E-state index contributed by atoms with van der Waals surface area (Å²) in [6.07, 6.45) is 1.81. The van der Waals surface area contributed by atoms with Crippen LogP contribution in [0.5, 0.6) is 0 Å². The van der Waals surface area contributed by atoms with Gasteiger partial charge in [0.2, 0.25) is 5.91 Å². The Balaban J connectivity index is 1.96. The maximum Gasteiger partial charge on any atom is 0.336 e. The first kappa shape index (κ1) is 26.3. The molecule has 3 aromatic rings. The first-order valence-electron chi connectivity index (χ1n) is 11.5. The van der Waals surface area contributed by atoms with Crippen molar-refractivity contribution in [2.45, 2.75) is 53.6 Å². The maximum atomic E-state index is 12.6. The van der Waals surface area contributed by atoms with E-state index in [1.165, 1.54) is 0 Å². The molecular formula is C26H32BrN3O3S. The number of fused-ring (bicyclic) bond motifs is 1. The lowest BCUT2D eigenvalue weighted by Gasteiger charge is -2.18. The Hall–Kier alpha value is -2.32. The van der Waals surface area contributed by atoms with Gasteiger partial charge in [-0.1, -0.05) is 32.9 Å². The summed E-state index contributed by atoms with van der Waals surface area (Å²) in [6, 6.07) is 9.50. The van der Waals surface area contributed by atoms with Crippen molar-refractivity contribution in [3.8, 4) is 0 Å². The normalized spacial score (nSPS) is 12.3. The van der Waals surface area contributed by atoms with Crippen molar-refractivity contribution in [1.82, 2.24) is 14.9 Å². The summed E-state index contributed by atoms with van der Waals surface area (Å²) in [4.78, 5) is 28.9. The summed E-state index contributed by atoms with van der Waals surface area (Å²) < 4.78 is 2.76. The average Bonchev–Trinajstić information content (AvgIpc) is 3.10. The molecule has 3 rings (SSSR count). The largest absolute Gasteiger partial charge is 0.478 e. The first-order chi connectivity index (χ1) is 16.2. The fourth-order valence-corrected chi connectivity index (χ4v) is 5.32. The van der Waals surface area contributed by atoms with E-state index in [4.69, 9.17) is 4.98 Å². The minimum Gasteiger partial charge on any atom is -0.478 e. The molecule has 2 N–H and O–H groups in total. The van der Waals surface area contributed by atoms with E-state index in [-0.39, 0.29) is 23.3 Å². The van der Waals surface area contributed by atoms with Crippen molar-refractivity contribution in [1.29, 1.82) is 0 Å². The van der Waals surface area contributed by atoms with Gasteiger partial charge >= 0.3 is 5.97 Å². The van der Waals surface area contributed by atoms with Crippen LogP contribution in [0.1, 0.15) is 60.1 Å². The van der Waals surface area contributed by atoms with Crippen molar-refractivity contribution in [2.75, 3.05) is 5.75 Å². The predicted octanol–water partition coefficient (Wildman–Crippen LogP) is 5.62. The van der Waals surface area contributed by atoms with E-state index >= 15 is 0 Å². The van der Waals surface area contributed by atoms with Crippen LogP contribution >= 0.6 is 28.6 Å². The topological polar surface area (TPSA) is 84.2 Å². The molecule has 1 atom stereocenters. The molecule has 0 unspecified atom stereocenters. The van der Waals surface area contributed by atoms with Gasteiger partial charge in [-0.2, -0.15) is 12.6 Å². The Kier molecular flexibility index (Phi) is 8.82. The molecule has 0 saturated carbocycles. The number of hydrogen-bond acceptors (Lipinski definition) is 4. The smallest absolute Gasteiger partial charge is 0.336 e. The number of aromatic nitrogens is 2. The number of hydrogen-bond donors (Lipinski definition) is 3. The number of carbonyl (C=O) groups excluding carboxylic acids is 1. The van der Waals surface area contributed by atoms with Gasteiger partial charge in [-0.05, 0) is 70.1 Å². The number of nitrogens with zero attached hydrogens (tertiary/aromatic N) is 2. The van der Waals surface area contributed by atoms with Gasteiger partial charge in [-0.15, -0.1) is 0 Å². The molecular weight excluding hydrogens is 514 g/mol. The molecule has 0 bridgehead atoms. The van der Waals surface area contributed by atoms with Crippen LogP contribution in [0.4, 0.5) is 0 Å². The van der Waals surface area contributed by atoms with Gasteiger partial charge in [0.15, 0.2) is 0 Å². The molecule has 6 nitrogen and oxygen atoms in total. The van der Waals surface area contributed by atoms with E-state index in [2.05, 4.69) is 57.5 Å². The summed E-state index contributed by atoms with van der Waals surface area (Å²) in [5, 5.41) is 12.4. The summed E-state index contributed by atoms with van der Waals surface area (Å²) >= 11 is 7.72. The van der Waals surface area contributed by atoms with Crippen molar-refractivity contribution in [2.24, 2.45) is 11.8 Å². The molecule has 1 heterocycles. The SMILES string of the molecule is CCCc1nc2c(C)cc(CNC(=O)[C@@H](CS)C(C)C)cc2n1Cc1ccc(C(=O)O)c(Br)c1. The third-order valence-corrected chi connectivity index (χ3v) is 7.12. The number of nitrogens with one attached hydrogen (secondary N) is 1. The van der Waals surface area contributed by atoms with Gasteiger partial charge in [0.25, 0.3) is 0 Å². The number of carbonyl (C=O) groups is 2. The minimum absolute atomic E-state index is 0.0197. The second-order valence-corrected chi connectivity index (χ2v) is 10.2. The molecule has 1 amide bonds. The molecule has 1 aromatic heterocycles. The van der Waals surface area contributed by atoms with Gasteiger partial charge in [0, 0.05) is 35.7 Å². The lowest BCUT2D eigenvalue weighted by molar-refractivity contribution is -0.125. The van der Waals surface area contributed by atoms with Crippen molar-refractivity contribution in [3.63, 3.8) is 0 Å². The Bertz CT molecular complexity index is 1210. The molecule has 0 spiro atoms. The standard InChI is InChI=1S/C26H32BrN3O3S/c1-5-6-23-29-24-16(4)9-18(12-28-25(31)20(14-34)15(2)3)11-22(24)30(23)13-17-7-8-19(26(32)33)21(27)10-17/h7-11,15,20,34H,5-6,12-14H2,1-4H3,(H,28,31)(H,32,33)/t20-/m0/s1. The van der Waals surface area contributed by atoms with E-state index in [0.29, 0.717) is 23.3 Å². The van der Waals surface area contributed by atoms with Gasteiger partial charge in [0.05, 0.1) is 16.6 Å². The molecule has 0 aliphatic rings. The number of halogens is 1. The Labute approximate surface area is 214 Å². The highest BCUT2D eigenvalue weighted by Gasteiger charge is 2.21. The van der Waals surface area contributed by atoms with Crippen LogP contribution in [-0.2, 0) is 24.3 Å². The molecule has 0 saturated heterocycles. The average molecular weight is 547 g/mol. The fourth-order valence-electron chi connectivity index (χ4n) is 4.14. The number of carboxylic acid groups (broad SMARTS) is 1. The number of rotatable bonds is 10. The summed E-state index contributed by atoms with van der Waals surface area (Å²) in [7, 11) is 0. The maximum absolute atomic E-state index is 12.6. The molecule has 2 aromatic carbocycles. The fraction of sp³-hybridized carbons (Fsp3) is 0.423. The van der Waals surface area contributed by atoms with Gasteiger partial charge in [0.1, 0.15) is 5.82 Å². The summed E-state index contributed by atoms with van der Waals surface area (Å²) in [5.41, 5.74) is 5.28. The van der Waals surface area contributed by atoms with E-state index in [1.807, 2.05) is 32.9 Å². The van der Waals surface area contributed by atoms with Crippen LogP contribution in [0, 0.1) is 18.8 Å². The van der Waals surface area contributed by atoms with E-state index in [9.17, 15) is 14.7 Å². The molecule has 0 aliphatic carbocycles. The number of imidazole rings is 1. The Morgan fingerprint density at radius 3 is 2.53 bits per heavy atom. The highest BCUT2D eigenvalue weighted by Crippen LogP contribution is 2.26. The highest BCUT2D eigenvalue weighted by atomic mass is 79.9. The first-order valence-corrected chi connectivity index (χ1v) is 13.0. The second-order valence-electron chi connectivity index (χ2n) is 9.01. The van der Waals surface area contributed by atoms with Crippen LogP contribution in [0.2, 0.25) is 0 Å². The predicted molar refractivity (Wildman–Crippen MR) is 143 cm³/mol. The Morgan fingerprint density at radius 2 is 1.94 bits per heavy atom. The minimum atomic E-state index is -0.960. The van der Waals surface area contributed by atoms with Crippen molar-refractivity contribution < 1.29 is 14.7 Å². The lowest BCUT2D eigenvalue weighted by atomic mass is 9.97. The number of carboxylic acids is 1. The van der Waals surface area contributed by atoms with Crippen LogP contribution in [0.15, 0.2) is 34.8 Å². The molecule has 0 radical (unpaired) electrons. The Morgan fingerprint density at radius 1 is 1.21 bits per heavy atom.